The Balaban J connectivity index is 1.68. The Morgan fingerprint density at radius 1 is 1.15 bits per heavy atom. The number of amides is 3. The molecule has 3 amide bonds. The van der Waals surface area contributed by atoms with Gasteiger partial charge in [-0.2, -0.15) is 0 Å². The lowest BCUT2D eigenvalue weighted by Gasteiger charge is -2.13. The zero-order chi connectivity index (χ0) is 24.1. The molecular formula is C23H22ClN3O5S. The molecule has 3 rings (SSSR count). The van der Waals surface area contributed by atoms with Crippen molar-refractivity contribution < 1.29 is 23.9 Å². The largest absolute Gasteiger partial charge is 0.462 e. The van der Waals surface area contributed by atoms with Crippen LogP contribution in [-0.4, -0.2) is 55.2 Å². The normalized spacial score (nSPS) is 14.5. The van der Waals surface area contributed by atoms with Crippen LogP contribution < -0.4 is 10.2 Å². The Bertz CT molecular complexity index is 1130. The second-order valence-corrected chi connectivity index (χ2v) is 8.62. The maximum atomic E-state index is 12.7. The minimum Gasteiger partial charge on any atom is -0.462 e. The molecule has 172 valence electrons. The molecular weight excluding hydrogens is 466 g/mol. The highest BCUT2D eigenvalue weighted by Crippen LogP contribution is 2.32. The molecule has 1 aliphatic heterocycles. The Labute approximate surface area is 200 Å². The smallest absolute Gasteiger partial charge is 0.339 e. The first-order chi connectivity index (χ1) is 15.7. The van der Waals surface area contributed by atoms with Crippen molar-refractivity contribution in [2.24, 2.45) is 0 Å². The van der Waals surface area contributed by atoms with Gasteiger partial charge in [0, 0.05) is 25.5 Å². The summed E-state index contributed by atoms with van der Waals surface area (Å²) in [6.45, 7) is 1.39. The Hall–Kier alpha value is -3.30. The van der Waals surface area contributed by atoms with Gasteiger partial charge in [-0.05, 0) is 60.7 Å². The Morgan fingerprint density at radius 3 is 2.48 bits per heavy atom. The number of ether oxygens (including phenoxy) is 1. The van der Waals surface area contributed by atoms with Crippen LogP contribution in [0.1, 0.15) is 22.8 Å². The van der Waals surface area contributed by atoms with E-state index in [1.165, 1.54) is 18.2 Å². The number of anilines is 2. The number of esters is 1. The number of carbonyl (C=O) groups excluding carboxylic acids is 4. The zero-order valence-corrected chi connectivity index (χ0v) is 19.8. The van der Waals surface area contributed by atoms with Gasteiger partial charge in [0.15, 0.2) is 0 Å². The van der Waals surface area contributed by atoms with E-state index in [0.29, 0.717) is 0 Å². The van der Waals surface area contributed by atoms with Gasteiger partial charge in [0.25, 0.3) is 11.1 Å². The predicted octanol–water partition coefficient (Wildman–Crippen LogP) is 4.26. The number of rotatable bonds is 7. The zero-order valence-electron chi connectivity index (χ0n) is 18.3. The first-order valence-corrected chi connectivity index (χ1v) is 11.2. The number of hydrogen-bond acceptors (Lipinski definition) is 7. The van der Waals surface area contributed by atoms with Crippen LogP contribution in [0, 0.1) is 0 Å². The van der Waals surface area contributed by atoms with Gasteiger partial charge >= 0.3 is 5.97 Å². The van der Waals surface area contributed by atoms with E-state index in [9.17, 15) is 19.2 Å². The van der Waals surface area contributed by atoms with Crippen LogP contribution in [0.2, 0.25) is 5.02 Å². The van der Waals surface area contributed by atoms with Crippen molar-refractivity contribution in [3.8, 4) is 0 Å². The van der Waals surface area contributed by atoms with Gasteiger partial charge in [0.05, 0.1) is 22.1 Å². The number of imide groups is 1. The topological polar surface area (TPSA) is 96.0 Å². The quantitative estimate of drug-likeness (QED) is 0.460. The van der Waals surface area contributed by atoms with Crippen LogP contribution in [0.3, 0.4) is 0 Å². The molecule has 10 heteroatoms. The standard InChI is InChI=1S/C23H22ClN3O5S/c1-4-32-22(30)17-12-15(7-10-18(17)24)25-20(28)13-27-21(29)19(33-23(27)31)11-14-5-8-16(9-6-14)26(2)3/h5-12H,4,13H2,1-3H3,(H,25,28)/b19-11+. The summed E-state index contributed by atoms with van der Waals surface area (Å²) in [4.78, 5) is 52.6. The van der Waals surface area contributed by atoms with Crippen LogP contribution in [0.25, 0.3) is 6.08 Å². The maximum Gasteiger partial charge on any atom is 0.339 e. The van der Waals surface area contributed by atoms with Crippen LogP contribution >= 0.6 is 23.4 Å². The molecule has 0 bridgehead atoms. The highest BCUT2D eigenvalue weighted by atomic mass is 35.5. The third-order valence-corrected chi connectivity index (χ3v) is 5.87. The van der Waals surface area contributed by atoms with E-state index in [1.54, 1.807) is 13.0 Å². The predicted molar refractivity (Wildman–Crippen MR) is 129 cm³/mol. The monoisotopic (exact) mass is 487 g/mol. The molecule has 0 saturated carbocycles. The van der Waals surface area contributed by atoms with E-state index in [2.05, 4.69) is 5.32 Å². The van der Waals surface area contributed by atoms with Crippen molar-refractivity contribution in [2.45, 2.75) is 6.92 Å². The van der Waals surface area contributed by atoms with Gasteiger partial charge in [-0.25, -0.2) is 4.79 Å². The second kappa shape index (κ2) is 10.5. The number of carbonyl (C=O) groups is 4. The molecule has 1 heterocycles. The number of thioether (sulfide) groups is 1. The number of hydrogen-bond donors (Lipinski definition) is 1. The summed E-state index contributed by atoms with van der Waals surface area (Å²) in [5.41, 5.74) is 2.16. The average Bonchev–Trinajstić information content (AvgIpc) is 3.03. The molecule has 1 aliphatic rings. The fourth-order valence-electron chi connectivity index (χ4n) is 2.97. The lowest BCUT2D eigenvalue weighted by Crippen LogP contribution is -2.36. The van der Waals surface area contributed by atoms with E-state index >= 15 is 0 Å². The molecule has 0 unspecified atom stereocenters. The molecule has 0 atom stereocenters. The molecule has 1 N–H and O–H groups in total. The summed E-state index contributed by atoms with van der Waals surface area (Å²) in [5.74, 6) is -1.75. The summed E-state index contributed by atoms with van der Waals surface area (Å²) in [7, 11) is 3.85. The van der Waals surface area contributed by atoms with Crippen molar-refractivity contribution in [1.29, 1.82) is 0 Å². The first-order valence-electron chi connectivity index (χ1n) is 9.99. The third-order valence-electron chi connectivity index (χ3n) is 4.63. The number of halogens is 1. The molecule has 33 heavy (non-hydrogen) atoms. The third kappa shape index (κ3) is 5.94. The van der Waals surface area contributed by atoms with Gasteiger partial charge in [0.2, 0.25) is 5.91 Å². The van der Waals surface area contributed by atoms with Crippen molar-refractivity contribution >= 4 is 63.8 Å². The van der Waals surface area contributed by atoms with Crippen molar-refractivity contribution in [2.75, 3.05) is 37.5 Å². The molecule has 0 aliphatic carbocycles. The molecule has 0 radical (unpaired) electrons. The SMILES string of the molecule is CCOC(=O)c1cc(NC(=O)CN2C(=O)S/C(=C/c3ccc(N(C)C)cc3)C2=O)ccc1Cl. The molecule has 8 nitrogen and oxygen atoms in total. The summed E-state index contributed by atoms with van der Waals surface area (Å²) in [5, 5.41) is 2.22. The van der Waals surface area contributed by atoms with Gasteiger partial charge in [-0.3, -0.25) is 19.3 Å². The van der Waals surface area contributed by atoms with Crippen molar-refractivity contribution in [3.63, 3.8) is 0 Å². The van der Waals surface area contributed by atoms with Gasteiger partial charge in [-0.15, -0.1) is 0 Å². The lowest BCUT2D eigenvalue weighted by atomic mass is 10.2. The van der Waals surface area contributed by atoms with E-state index in [-0.39, 0.29) is 27.8 Å². The van der Waals surface area contributed by atoms with E-state index in [0.717, 1.165) is 27.9 Å². The molecule has 1 fully saturated rings. The minimum atomic E-state index is -0.617. The van der Waals surface area contributed by atoms with E-state index in [4.69, 9.17) is 16.3 Å². The van der Waals surface area contributed by atoms with Gasteiger partial charge < -0.3 is 15.0 Å². The summed E-state index contributed by atoms with van der Waals surface area (Å²) >= 11 is 6.80. The Kier molecular flexibility index (Phi) is 7.78. The maximum absolute atomic E-state index is 12.7. The van der Waals surface area contributed by atoms with E-state index < -0.39 is 29.6 Å². The van der Waals surface area contributed by atoms with E-state index in [1.807, 2.05) is 43.3 Å². The van der Waals surface area contributed by atoms with Gasteiger partial charge in [-0.1, -0.05) is 23.7 Å². The first kappa shape index (κ1) is 24.3. The highest BCUT2D eigenvalue weighted by molar-refractivity contribution is 8.18. The average molecular weight is 488 g/mol. The molecule has 2 aromatic carbocycles. The van der Waals surface area contributed by atoms with Crippen molar-refractivity contribution in [3.05, 3.63) is 63.5 Å². The number of nitrogens with one attached hydrogen (secondary N) is 1. The number of benzene rings is 2. The minimum absolute atomic E-state index is 0.103. The van der Waals surface area contributed by atoms with Crippen LogP contribution in [0.15, 0.2) is 47.4 Å². The van der Waals surface area contributed by atoms with Crippen LogP contribution in [0.5, 0.6) is 0 Å². The number of nitrogens with zero attached hydrogens (tertiary/aromatic N) is 2. The fraction of sp³-hybridized carbons (Fsp3) is 0.217. The molecule has 1 saturated heterocycles. The fourth-order valence-corrected chi connectivity index (χ4v) is 4.00. The molecule has 2 aromatic rings. The summed E-state index contributed by atoms with van der Waals surface area (Å²) in [6.07, 6.45) is 1.62. The Morgan fingerprint density at radius 2 is 1.85 bits per heavy atom. The van der Waals surface area contributed by atoms with Crippen molar-refractivity contribution in [1.82, 2.24) is 4.90 Å². The second-order valence-electron chi connectivity index (χ2n) is 7.22. The molecule has 0 aromatic heterocycles. The van der Waals surface area contributed by atoms with Crippen LogP contribution in [0.4, 0.5) is 16.2 Å². The lowest BCUT2D eigenvalue weighted by molar-refractivity contribution is -0.127. The highest BCUT2D eigenvalue weighted by Gasteiger charge is 2.36. The van der Waals surface area contributed by atoms with Crippen LogP contribution in [-0.2, 0) is 14.3 Å². The summed E-state index contributed by atoms with van der Waals surface area (Å²) in [6, 6.07) is 11.8. The van der Waals surface area contributed by atoms with Gasteiger partial charge in [0.1, 0.15) is 6.54 Å². The molecule has 0 spiro atoms. The summed E-state index contributed by atoms with van der Waals surface area (Å²) < 4.78 is 4.94.